The van der Waals surface area contributed by atoms with Gasteiger partial charge in [-0.2, -0.15) is 0 Å². The molecule has 0 saturated carbocycles. The van der Waals surface area contributed by atoms with Crippen LogP contribution < -0.4 is 10.6 Å². The van der Waals surface area contributed by atoms with Crippen molar-refractivity contribution in [2.45, 2.75) is 12.1 Å². The third kappa shape index (κ3) is 3.68. The summed E-state index contributed by atoms with van der Waals surface area (Å²) in [6.45, 7) is 0.147. The van der Waals surface area contributed by atoms with Crippen LogP contribution in [-0.2, 0) is 4.79 Å². The molecular formula is C20H19N5OS. The number of carbonyl (C=O) groups excluding carboxylic acids is 1. The van der Waals surface area contributed by atoms with Gasteiger partial charge in [0, 0.05) is 23.8 Å². The number of nitrogens with zero attached hydrogens (tertiary/aromatic N) is 2. The Kier molecular flexibility index (Phi) is 4.84. The van der Waals surface area contributed by atoms with Gasteiger partial charge in [-0.25, -0.2) is 0 Å². The lowest BCUT2D eigenvalue weighted by Gasteiger charge is -2.26. The highest BCUT2D eigenvalue weighted by molar-refractivity contribution is 7.80. The average molecular weight is 377 g/mol. The molecule has 0 spiro atoms. The minimum Gasteiger partial charge on any atom is -0.363 e. The molecule has 136 valence electrons. The number of aromatic nitrogens is 2. The summed E-state index contributed by atoms with van der Waals surface area (Å²) in [4.78, 5) is 22.2. The van der Waals surface area contributed by atoms with Crippen molar-refractivity contribution in [3.8, 4) is 0 Å². The maximum atomic E-state index is 12.6. The van der Waals surface area contributed by atoms with Gasteiger partial charge in [0.05, 0.1) is 17.8 Å². The number of aromatic amines is 1. The fraction of sp³-hybridized carbons (Fsp3) is 0.150. The van der Waals surface area contributed by atoms with Crippen LogP contribution in [0.4, 0.5) is 5.69 Å². The molecule has 1 fully saturated rings. The molecule has 0 aliphatic carbocycles. The van der Waals surface area contributed by atoms with Crippen LogP contribution in [0.5, 0.6) is 0 Å². The highest BCUT2D eigenvalue weighted by Crippen LogP contribution is 2.37. The summed E-state index contributed by atoms with van der Waals surface area (Å²) in [7, 11) is 0. The van der Waals surface area contributed by atoms with Crippen molar-refractivity contribution in [3.63, 3.8) is 0 Å². The molecule has 2 atom stereocenters. The van der Waals surface area contributed by atoms with Gasteiger partial charge in [-0.15, -0.1) is 0 Å². The van der Waals surface area contributed by atoms with Crippen molar-refractivity contribution in [1.29, 1.82) is 0 Å². The maximum Gasteiger partial charge on any atom is 0.244 e. The Labute approximate surface area is 162 Å². The zero-order chi connectivity index (χ0) is 18.6. The Morgan fingerprint density at radius 2 is 1.93 bits per heavy atom. The zero-order valence-electron chi connectivity index (χ0n) is 14.5. The van der Waals surface area contributed by atoms with Crippen LogP contribution in [0, 0.1) is 0 Å². The summed E-state index contributed by atoms with van der Waals surface area (Å²) >= 11 is 5.54. The van der Waals surface area contributed by atoms with E-state index in [9.17, 15) is 4.79 Å². The zero-order valence-corrected chi connectivity index (χ0v) is 15.3. The largest absolute Gasteiger partial charge is 0.363 e. The number of rotatable bonds is 5. The molecule has 1 amide bonds. The smallest absolute Gasteiger partial charge is 0.244 e. The summed E-state index contributed by atoms with van der Waals surface area (Å²) in [6, 6.07) is 18.8. The highest BCUT2D eigenvalue weighted by Gasteiger charge is 2.41. The van der Waals surface area contributed by atoms with Crippen LogP contribution in [0.3, 0.4) is 0 Å². The Morgan fingerprint density at radius 3 is 2.63 bits per heavy atom. The molecule has 1 saturated heterocycles. The van der Waals surface area contributed by atoms with Gasteiger partial charge in [-0.05, 0) is 48.6 Å². The number of amides is 1. The molecule has 1 aromatic carbocycles. The average Bonchev–Trinajstić information content (AvgIpc) is 3.32. The van der Waals surface area contributed by atoms with Crippen LogP contribution in [0.25, 0.3) is 0 Å². The van der Waals surface area contributed by atoms with E-state index in [2.05, 4.69) is 20.6 Å². The van der Waals surface area contributed by atoms with Gasteiger partial charge in [0.1, 0.15) is 6.54 Å². The SMILES string of the molecule is O=C(CN1C(=S)N[C@@H](c2ccccn2)[C@H]1c1ccc[nH]1)Nc1ccccc1. The standard InChI is InChI=1S/C20H19N5OS/c26-17(23-14-7-2-1-3-8-14)13-25-19(16-10-6-12-22-16)18(24-20(25)27)15-9-4-5-11-21-15/h1-12,18-19,22H,13H2,(H,23,26)(H,24,27)/t18-,19+/m0/s1. The molecule has 7 heteroatoms. The van der Waals surface area contributed by atoms with Crippen molar-refractivity contribution < 1.29 is 4.79 Å². The molecule has 0 bridgehead atoms. The van der Waals surface area contributed by atoms with Crippen molar-refractivity contribution >= 4 is 28.9 Å². The molecule has 6 nitrogen and oxygen atoms in total. The first-order valence-electron chi connectivity index (χ1n) is 8.68. The van der Waals surface area contributed by atoms with Crippen molar-refractivity contribution in [2.75, 3.05) is 11.9 Å². The molecule has 3 heterocycles. The van der Waals surface area contributed by atoms with E-state index in [-0.39, 0.29) is 24.5 Å². The summed E-state index contributed by atoms with van der Waals surface area (Å²) in [6.07, 6.45) is 3.63. The normalized spacial score (nSPS) is 19.0. The number of hydrogen-bond donors (Lipinski definition) is 3. The second-order valence-corrected chi connectivity index (χ2v) is 6.68. The van der Waals surface area contributed by atoms with E-state index in [0.29, 0.717) is 5.11 Å². The fourth-order valence-corrected chi connectivity index (χ4v) is 3.62. The highest BCUT2D eigenvalue weighted by atomic mass is 32.1. The Hall–Kier alpha value is -3.19. The lowest BCUT2D eigenvalue weighted by molar-refractivity contribution is -0.116. The van der Waals surface area contributed by atoms with Gasteiger partial charge in [0.25, 0.3) is 0 Å². The minimum atomic E-state index is -0.149. The number of carbonyl (C=O) groups is 1. The quantitative estimate of drug-likeness (QED) is 0.596. The van der Waals surface area contributed by atoms with Crippen LogP contribution >= 0.6 is 12.2 Å². The lowest BCUT2D eigenvalue weighted by Crippen LogP contribution is -2.37. The van der Waals surface area contributed by atoms with Crippen molar-refractivity contribution in [3.05, 3.63) is 84.4 Å². The van der Waals surface area contributed by atoms with E-state index in [1.165, 1.54) is 0 Å². The summed E-state index contributed by atoms with van der Waals surface area (Å²) in [5.74, 6) is -0.122. The molecule has 27 heavy (non-hydrogen) atoms. The number of benzene rings is 1. The van der Waals surface area contributed by atoms with Crippen molar-refractivity contribution in [2.24, 2.45) is 0 Å². The second-order valence-electron chi connectivity index (χ2n) is 6.29. The van der Waals surface area contributed by atoms with Gasteiger partial charge >= 0.3 is 0 Å². The molecule has 1 aliphatic heterocycles. The monoisotopic (exact) mass is 377 g/mol. The van der Waals surface area contributed by atoms with Crippen LogP contribution in [-0.4, -0.2) is 32.4 Å². The van der Waals surface area contributed by atoms with Gasteiger partial charge in [0.2, 0.25) is 5.91 Å². The number of pyridine rings is 1. The predicted molar refractivity (Wildman–Crippen MR) is 108 cm³/mol. The first-order valence-corrected chi connectivity index (χ1v) is 9.09. The minimum absolute atomic E-state index is 0.122. The van der Waals surface area contributed by atoms with E-state index in [1.54, 1.807) is 6.20 Å². The lowest BCUT2D eigenvalue weighted by atomic mass is 10.0. The van der Waals surface area contributed by atoms with Crippen molar-refractivity contribution in [1.82, 2.24) is 20.2 Å². The number of H-pyrrole nitrogens is 1. The number of thiocarbonyl (C=S) groups is 1. The summed E-state index contributed by atoms with van der Waals surface area (Å²) in [5, 5.41) is 6.77. The van der Waals surface area contributed by atoms with E-state index >= 15 is 0 Å². The Morgan fingerprint density at radius 1 is 1.11 bits per heavy atom. The molecule has 2 aromatic heterocycles. The van der Waals surface area contributed by atoms with E-state index in [0.717, 1.165) is 17.1 Å². The van der Waals surface area contributed by atoms with E-state index < -0.39 is 0 Å². The first-order chi connectivity index (χ1) is 13.2. The van der Waals surface area contributed by atoms with Gasteiger partial charge in [-0.3, -0.25) is 9.78 Å². The molecule has 3 aromatic rings. The molecule has 1 aliphatic rings. The molecule has 0 radical (unpaired) electrons. The van der Waals surface area contributed by atoms with Gasteiger partial charge in [-0.1, -0.05) is 24.3 Å². The topological polar surface area (TPSA) is 73.0 Å². The third-order valence-corrected chi connectivity index (χ3v) is 4.86. The molecule has 4 rings (SSSR count). The molecule has 0 unspecified atom stereocenters. The Balaban J connectivity index is 1.58. The fourth-order valence-electron chi connectivity index (χ4n) is 3.32. The number of hydrogen-bond acceptors (Lipinski definition) is 3. The Bertz CT molecular complexity index is 914. The predicted octanol–water partition coefficient (Wildman–Crippen LogP) is 3.02. The summed E-state index contributed by atoms with van der Waals surface area (Å²) in [5.41, 5.74) is 2.62. The molecule has 3 N–H and O–H groups in total. The summed E-state index contributed by atoms with van der Waals surface area (Å²) < 4.78 is 0. The van der Waals surface area contributed by atoms with E-state index in [4.69, 9.17) is 12.2 Å². The van der Waals surface area contributed by atoms with E-state index in [1.807, 2.05) is 71.8 Å². The molecular weight excluding hydrogens is 358 g/mol. The maximum absolute atomic E-state index is 12.6. The van der Waals surface area contributed by atoms with Gasteiger partial charge in [0.15, 0.2) is 5.11 Å². The first kappa shape index (κ1) is 17.2. The third-order valence-electron chi connectivity index (χ3n) is 4.51. The van der Waals surface area contributed by atoms with Crippen LogP contribution in [0.2, 0.25) is 0 Å². The number of nitrogens with one attached hydrogen (secondary N) is 3. The van der Waals surface area contributed by atoms with Crippen LogP contribution in [0.1, 0.15) is 23.5 Å². The number of anilines is 1. The van der Waals surface area contributed by atoms with Crippen LogP contribution in [0.15, 0.2) is 73.1 Å². The number of para-hydroxylation sites is 1. The second kappa shape index (κ2) is 7.59. The van der Waals surface area contributed by atoms with Gasteiger partial charge < -0.3 is 20.5 Å².